The first kappa shape index (κ1) is 16.5. The molecule has 0 spiro atoms. The van der Waals surface area contributed by atoms with Crippen molar-refractivity contribution in [2.24, 2.45) is 0 Å². The van der Waals surface area contributed by atoms with Crippen molar-refractivity contribution < 1.29 is 9.84 Å². The van der Waals surface area contributed by atoms with Gasteiger partial charge in [-0.15, -0.1) is 0 Å². The summed E-state index contributed by atoms with van der Waals surface area (Å²) in [5.41, 5.74) is 1.89. The lowest BCUT2D eigenvalue weighted by molar-refractivity contribution is 0.0897. The number of aryl methyl sites for hydroxylation is 1. The third-order valence-electron chi connectivity index (χ3n) is 3.55. The maximum absolute atomic E-state index is 10.2. The lowest BCUT2D eigenvalue weighted by Crippen LogP contribution is -2.24. The number of aromatic nitrogens is 3. The minimum atomic E-state index is -0.714. The molecule has 1 heterocycles. The Balaban J connectivity index is 1.66. The van der Waals surface area contributed by atoms with Crippen LogP contribution in [0.3, 0.4) is 0 Å². The van der Waals surface area contributed by atoms with Crippen molar-refractivity contribution >= 4 is 11.6 Å². The molecule has 5 nitrogen and oxygen atoms in total. The Bertz CT molecular complexity index is 819. The molecule has 0 bridgehead atoms. The highest BCUT2D eigenvalue weighted by molar-refractivity contribution is 6.33. The monoisotopic (exact) mass is 343 g/mol. The highest BCUT2D eigenvalue weighted by Crippen LogP contribution is 2.25. The van der Waals surface area contributed by atoms with E-state index in [1.54, 1.807) is 10.7 Å². The van der Waals surface area contributed by atoms with Gasteiger partial charge < -0.3 is 9.84 Å². The van der Waals surface area contributed by atoms with Gasteiger partial charge in [-0.1, -0.05) is 35.9 Å². The van der Waals surface area contributed by atoms with Gasteiger partial charge in [0.25, 0.3) is 0 Å². The highest BCUT2D eigenvalue weighted by atomic mass is 35.5. The second kappa shape index (κ2) is 7.47. The van der Waals surface area contributed by atoms with Crippen LogP contribution in [0.1, 0.15) is 5.56 Å². The van der Waals surface area contributed by atoms with E-state index in [9.17, 15) is 5.11 Å². The second-order valence-corrected chi connectivity index (χ2v) is 5.93. The van der Waals surface area contributed by atoms with Crippen molar-refractivity contribution in [3.05, 3.63) is 65.4 Å². The third-order valence-corrected chi connectivity index (χ3v) is 3.88. The van der Waals surface area contributed by atoms with Gasteiger partial charge in [-0.2, -0.15) is 5.10 Å². The number of ether oxygens (including phenoxy) is 1. The molecule has 0 saturated heterocycles. The molecular weight excluding hydrogens is 326 g/mol. The van der Waals surface area contributed by atoms with Crippen molar-refractivity contribution in [3.63, 3.8) is 0 Å². The minimum absolute atomic E-state index is 0.172. The molecule has 0 aliphatic rings. The summed E-state index contributed by atoms with van der Waals surface area (Å²) in [6.45, 7) is 2.44. The van der Waals surface area contributed by atoms with Crippen molar-refractivity contribution in [3.8, 4) is 17.1 Å². The highest BCUT2D eigenvalue weighted by Gasteiger charge is 2.14. The Morgan fingerprint density at radius 3 is 2.83 bits per heavy atom. The SMILES string of the molecule is Cc1cccc(OCC(O)Cn2ncnc2-c2ccccc2Cl)c1. The summed E-state index contributed by atoms with van der Waals surface area (Å²) in [5, 5.41) is 15.0. The number of hydrogen-bond donors (Lipinski definition) is 1. The Kier molecular flexibility index (Phi) is 5.13. The Morgan fingerprint density at radius 2 is 2.04 bits per heavy atom. The van der Waals surface area contributed by atoms with Gasteiger partial charge in [-0.25, -0.2) is 9.67 Å². The summed E-state index contributed by atoms with van der Waals surface area (Å²) in [6, 6.07) is 15.1. The number of nitrogens with zero attached hydrogens (tertiary/aromatic N) is 3. The molecule has 0 aliphatic carbocycles. The zero-order valence-electron chi connectivity index (χ0n) is 13.3. The molecule has 0 amide bonds. The number of aliphatic hydroxyl groups excluding tert-OH is 1. The number of hydrogen-bond acceptors (Lipinski definition) is 4. The van der Waals surface area contributed by atoms with E-state index < -0.39 is 6.10 Å². The molecule has 0 saturated carbocycles. The van der Waals surface area contributed by atoms with Gasteiger partial charge in [-0.3, -0.25) is 0 Å². The largest absolute Gasteiger partial charge is 0.491 e. The van der Waals surface area contributed by atoms with Gasteiger partial charge in [-0.05, 0) is 36.8 Å². The van der Waals surface area contributed by atoms with Crippen molar-refractivity contribution in [2.45, 2.75) is 19.6 Å². The number of aliphatic hydroxyl groups is 1. The van der Waals surface area contributed by atoms with Gasteiger partial charge >= 0.3 is 0 Å². The van der Waals surface area contributed by atoms with Crippen LogP contribution in [0.4, 0.5) is 0 Å². The van der Waals surface area contributed by atoms with Crippen LogP contribution >= 0.6 is 11.6 Å². The summed E-state index contributed by atoms with van der Waals surface area (Å²) in [4.78, 5) is 4.25. The zero-order chi connectivity index (χ0) is 16.9. The van der Waals surface area contributed by atoms with Crippen LogP contribution in [0.2, 0.25) is 5.02 Å². The van der Waals surface area contributed by atoms with Crippen molar-refractivity contribution in [1.29, 1.82) is 0 Å². The molecule has 3 aromatic rings. The molecule has 0 aliphatic heterocycles. The van der Waals surface area contributed by atoms with E-state index in [-0.39, 0.29) is 13.2 Å². The summed E-state index contributed by atoms with van der Waals surface area (Å²) in [5.74, 6) is 1.36. The van der Waals surface area contributed by atoms with E-state index >= 15 is 0 Å². The third kappa shape index (κ3) is 3.93. The summed E-state index contributed by atoms with van der Waals surface area (Å²) in [7, 11) is 0. The predicted molar refractivity (Wildman–Crippen MR) is 93.1 cm³/mol. The van der Waals surface area contributed by atoms with Crippen LogP contribution in [-0.2, 0) is 6.54 Å². The fourth-order valence-corrected chi connectivity index (χ4v) is 2.62. The van der Waals surface area contributed by atoms with E-state index in [4.69, 9.17) is 16.3 Å². The zero-order valence-corrected chi connectivity index (χ0v) is 14.0. The average Bonchev–Trinajstić information content (AvgIpc) is 3.01. The molecule has 124 valence electrons. The van der Waals surface area contributed by atoms with Crippen LogP contribution in [0.5, 0.6) is 5.75 Å². The fourth-order valence-electron chi connectivity index (χ4n) is 2.40. The van der Waals surface area contributed by atoms with Crippen molar-refractivity contribution in [2.75, 3.05) is 6.61 Å². The van der Waals surface area contributed by atoms with Crippen LogP contribution < -0.4 is 4.74 Å². The Morgan fingerprint density at radius 1 is 1.21 bits per heavy atom. The normalized spacial score (nSPS) is 12.1. The number of halogens is 1. The maximum Gasteiger partial charge on any atom is 0.159 e. The predicted octanol–water partition coefficient (Wildman–Crippen LogP) is 3.35. The smallest absolute Gasteiger partial charge is 0.159 e. The van der Waals surface area contributed by atoms with Gasteiger partial charge in [0.1, 0.15) is 24.8 Å². The quantitative estimate of drug-likeness (QED) is 0.745. The minimum Gasteiger partial charge on any atom is -0.491 e. The fraction of sp³-hybridized carbons (Fsp3) is 0.222. The van der Waals surface area contributed by atoms with E-state index in [1.807, 2.05) is 49.4 Å². The Labute approximate surface area is 145 Å². The van der Waals surface area contributed by atoms with E-state index in [0.29, 0.717) is 10.8 Å². The number of rotatable bonds is 6. The summed E-state index contributed by atoms with van der Waals surface area (Å²) >= 11 is 6.21. The van der Waals surface area contributed by atoms with Crippen LogP contribution in [0.15, 0.2) is 54.9 Å². The molecule has 0 radical (unpaired) electrons. The molecule has 6 heteroatoms. The van der Waals surface area contributed by atoms with Gasteiger partial charge in [0.15, 0.2) is 5.82 Å². The van der Waals surface area contributed by atoms with Crippen molar-refractivity contribution in [1.82, 2.24) is 14.8 Å². The first-order valence-corrected chi connectivity index (χ1v) is 8.01. The first-order valence-electron chi connectivity index (χ1n) is 7.64. The molecule has 0 fully saturated rings. The topological polar surface area (TPSA) is 60.2 Å². The second-order valence-electron chi connectivity index (χ2n) is 5.53. The van der Waals surface area contributed by atoms with E-state index in [0.717, 1.165) is 16.9 Å². The molecule has 1 atom stereocenters. The molecule has 3 rings (SSSR count). The molecular formula is C18H18ClN3O2. The van der Waals surface area contributed by atoms with Gasteiger partial charge in [0, 0.05) is 5.56 Å². The lowest BCUT2D eigenvalue weighted by Gasteiger charge is -2.14. The summed E-state index contributed by atoms with van der Waals surface area (Å²) in [6.07, 6.45) is 0.737. The molecule has 24 heavy (non-hydrogen) atoms. The van der Waals surface area contributed by atoms with Crippen LogP contribution in [-0.4, -0.2) is 32.6 Å². The molecule has 2 aromatic carbocycles. The van der Waals surface area contributed by atoms with Gasteiger partial charge in [0.2, 0.25) is 0 Å². The summed E-state index contributed by atoms with van der Waals surface area (Å²) < 4.78 is 7.26. The first-order chi connectivity index (χ1) is 11.6. The van der Waals surface area contributed by atoms with E-state index in [1.165, 1.54) is 6.33 Å². The van der Waals surface area contributed by atoms with Gasteiger partial charge in [0.05, 0.1) is 11.6 Å². The Hall–Kier alpha value is -2.37. The molecule has 1 aromatic heterocycles. The van der Waals surface area contributed by atoms with Crippen LogP contribution in [0.25, 0.3) is 11.4 Å². The average molecular weight is 344 g/mol. The van der Waals surface area contributed by atoms with Crippen LogP contribution in [0, 0.1) is 6.92 Å². The number of benzene rings is 2. The molecule has 1 N–H and O–H groups in total. The standard InChI is InChI=1S/C18H18ClN3O2/c1-13-5-4-6-15(9-13)24-11-14(23)10-22-18(20-12-21-22)16-7-2-3-8-17(16)19/h2-9,12,14,23H,10-11H2,1H3. The van der Waals surface area contributed by atoms with E-state index in [2.05, 4.69) is 10.1 Å². The molecule has 1 unspecified atom stereocenters. The lowest BCUT2D eigenvalue weighted by atomic mass is 10.2. The maximum atomic E-state index is 10.2.